The van der Waals surface area contributed by atoms with Gasteiger partial charge in [0.25, 0.3) is 0 Å². The lowest BCUT2D eigenvalue weighted by Gasteiger charge is -2.03. The van der Waals surface area contributed by atoms with Crippen LogP contribution < -0.4 is 11.1 Å². The van der Waals surface area contributed by atoms with Crippen molar-refractivity contribution in [3.63, 3.8) is 0 Å². The number of hydrogen-bond acceptors (Lipinski definition) is 5. The van der Waals surface area contributed by atoms with Gasteiger partial charge in [-0.15, -0.1) is 11.3 Å². The third-order valence-corrected chi connectivity index (χ3v) is 5.51. The molecule has 1 amide bonds. The van der Waals surface area contributed by atoms with Crippen molar-refractivity contribution < 1.29 is 9.21 Å². The summed E-state index contributed by atoms with van der Waals surface area (Å²) in [6.07, 6.45) is 2.06. The van der Waals surface area contributed by atoms with E-state index in [1.54, 1.807) is 18.2 Å². The Hall–Kier alpha value is -3.65. The summed E-state index contributed by atoms with van der Waals surface area (Å²) >= 11 is 1.37. The second-order valence-corrected chi connectivity index (χ2v) is 7.43. The number of oxazole rings is 1. The number of rotatable bonds is 5. The van der Waals surface area contributed by atoms with E-state index in [1.165, 1.54) is 15.9 Å². The molecule has 29 heavy (non-hydrogen) atoms. The maximum absolute atomic E-state index is 12.4. The molecule has 0 aliphatic heterocycles. The van der Waals surface area contributed by atoms with E-state index < -0.39 is 5.76 Å². The van der Waals surface area contributed by atoms with Crippen LogP contribution in [-0.2, 0) is 11.3 Å². The number of thiazole rings is 1. The summed E-state index contributed by atoms with van der Waals surface area (Å²) in [6.45, 7) is 0.238. The van der Waals surface area contributed by atoms with Crippen LogP contribution in [0, 0.1) is 0 Å². The van der Waals surface area contributed by atoms with Gasteiger partial charge in [-0.2, -0.15) is 0 Å². The molecule has 2 aromatic carbocycles. The Morgan fingerprint density at radius 2 is 2.00 bits per heavy atom. The molecule has 2 N–H and O–H groups in total. The fraction of sp³-hybridized carbons (Fsp3) is 0.0952. The molecule has 7 nitrogen and oxygen atoms in total. The maximum atomic E-state index is 12.4. The highest BCUT2D eigenvalue weighted by molar-refractivity contribution is 7.14. The Morgan fingerprint density at radius 1 is 1.17 bits per heavy atom. The summed E-state index contributed by atoms with van der Waals surface area (Å²) < 4.78 is 6.66. The molecule has 0 aliphatic carbocycles. The normalized spacial score (nSPS) is 11.3. The molecule has 0 radical (unpaired) electrons. The van der Waals surface area contributed by atoms with Gasteiger partial charge in [0.05, 0.1) is 11.2 Å². The minimum Gasteiger partial charge on any atom is -0.408 e. The summed E-state index contributed by atoms with van der Waals surface area (Å²) in [5.74, 6) is -0.670. The topological polar surface area (TPSA) is 92.9 Å². The molecule has 3 aromatic heterocycles. The molecule has 0 aliphatic rings. The molecule has 0 unspecified atom stereocenters. The fourth-order valence-corrected chi connectivity index (χ4v) is 4.09. The van der Waals surface area contributed by atoms with Gasteiger partial charge in [0, 0.05) is 41.0 Å². The quantitative estimate of drug-likeness (QED) is 0.458. The average Bonchev–Trinajstić information content (AvgIpc) is 3.42. The lowest BCUT2D eigenvalue weighted by molar-refractivity contribution is -0.116. The molecular formula is C21H16N4O3S. The zero-order chi connectivity index (χ0) is 19.8. The second kappa shape index (κ2) is 7.06. The maximum Gasteiger partial charge on any atom is 0.419 e. The van der Waals surface area contributed by atoms with Crippen molar-refractivity contribution in [3.05, 3.63) is 70.7 Å². The molecule has 0 spiro atoms. The molecule has 3 heterocycles. The van der Waals surface area contributed by atoms with Crippen molar-refractivity contribution in [1.82, 2.24) is 14.5 Å². The van der Waals surface area contributed by atoms with E-state index in [-0.39, 0.29) is 18.9 Å². The van der Waals surface area contributed by atoms with Gasteiger partial charge < -0.3 is 14.7 Å². The Kier molecular flexibility index (Phi) is 4.25. The number of H-pyrrole nitrogens is 1. The van der Waals surface area contributed by atoms with Gasteiger partial charge in [-0.3, -0.25) is 9.36 Å². The number of nitrogens with one attached hydrogen (secondary N) is 2. The first kappa shape index (κ1) is 17.4. The van der Waals surface area contributed by atoms with E-state index >= 15 is 0 Å². The number of anilines is 1. The van der Waals surface area contributed by atoms with Crippen LogP contribution in [0.1, 0.15) is 6.42 Å². The number of carbonyl (C=O) groups excluding carboxylic acids is 1. The summed E-state index contributed by atoms with van der Waals surface area (Å²) in [4.78, 5) is 32.1. The predicted molar refractivity (Wildman–Crippen MR) is 113 cm³/mol. The van der Waals surface area contributed by atoms with Crippen LogP contribution in [0.5, 0.6) is 0 Å². The Bertz CT molecular complexity index is 1390. The number of amides is 1. The highest BCUT2D eigenvalue weighted by atomic mass is 32.1. The van der Waals surface area contributed by atoms with Gasteiger partial charge in [0.2, 0.25) is 5.91 Å². The number of fused-ring (bicyclic) bond motifs is 2. The van der Waals surface area contributed by atoms with E-state index in [0.717, 1.165) is 22.2 Å². The first-order valence-electron chi connectivity index (χ1n) is 9.09. The number of hydrogen-bond donors (Lipinski definition) is 2. The van der Waals surface area contributed by atoms with Crippen molar-refractivity contribution >= 4 is 44.4 Å². The first-order valence-corrected chi connectivity index (χ1v) is 9.97. The monoisotopic (exact) mass is 404 g/mol. The standard InChI is InChI=1S/C21H16N4O3S/c26-19(9-10-25-17-7-3-4-8-18(17)28-21(25)27)24-20-23-16(12-29-20)14-11-22-15-6-2-1-5-13(14)15/h1-8,11-12,22H,9-10H2,(H,23,24,26). The van der Waals surface area contributed by atoms with Crippen LogP contribution in [0.4, 0.5) is 5.13 Å². The third-order valence-electron chi connectivity index (χ3n) is 4.75. The highest BCUT2D eigenvalue weighted by Gasteiger charge is 2.13. The lowest BCUT2D eigenvalue weighted by atomic mass is 10.1. The summed E-state index contributed by atoms with van der Waals surface area (Å²) in [6, 6.07) is 15.2. The van der Waals surface area contributed by atoms with Gasteiger partial charge >= 0.3 is 5.76 Å². The fourth-order valence-electron chi connectivity index (χ4n) is 3.36. The van der Waals surface area contributed by atoms with E-state index in [2.05, 4.69) is 15.3 Å². The van der Waals surface area contributed by atoms with Crippen molar-refractivity contribution in [3.8, 4) is 11.3 Å². The van der Waals surface area contributed by atoms with Gasteiger partial charge in [-0.1, -0.05) is 30.3 Å². The number of aromatic nitrogens is 3. The molecule has 0 bridgehead atoms. The molecule has 5 rings (SSSR count). The second-order valence-electron chi connectivity index (χ2n) is 6.57. The number of aryl methyl sites for hydroxylation is 1. The van der Waals surface area contributed by atoms with E-state index in [1.807, 2.05) is 41.9 Å². The number of nitrogens with zero attached hydrogens (tertiary/aromatic N) is 2. The molecule has 144 valence electrons. The number of carbonyl (C=O) groups is 1. The molecule has 0 fully saturated rings. The van der Waals surface area contributed by atoms with Crippen LogP contribution in [0.2, 0.25) is 0 Å². The highest BCUT2D eigenvalue weighted by Crippen LogP contribution is 2.30. The Morgan fingerprint density at radius 3 is 2.93 bits per heavy atom. The predicted octanol–water partition coefficient (Wildman–Crippen LogP) is 4.23. The average molecular weight is 404 g/mol. The Balaban J connectivity index is 1.29. The minimum absolute atomic E-state index is 0.144. The Labute approximate surface area is 168 Å². The molecular weight excluding hydrogens is 388 g/mol. The smallest absolute Gasteiger partial charge is 0.408 e. The SMILES string of the molecule is O=C(CCn1c(=O)oc2ccccc21)Nc1nc(-c2c[nH]c3ccccc23)cs1. The van der Waals surface area contributed by atoms with Crippen LogP contribution in [0.15, 0.2) is 69.3 Å². The van der Waals surface area contributed by atoms with Crippen LogP contribution >= 0.6 is 11.3 Å². The van der Waals surface area contributed by atoms with Crippen molar-refractivity contribution in [2.75, 3.05) is 5.32 Å². The van der Waals surface area contributed by atoms with Gasteiger partial charge in [-0.05, 0) is 18.2 Å². The number of benzene rings is 2. The summed E-state index contributed by atoms with van der Waals surface area (Å²) in [5, 5.41) is 6.34. The summed E-state index contributed by atoms with van der Waals surface area (Å²) in [7, 11) is 0. The largest absolute Gasteiger partial charge is 0.419 e. The molecule has 0 saturated heterocycles. The van der Waals surface area contributed by atoms with E-state index in [9.17, 15) is 9.59 Å². The summed E-state index contributed by atoms with van der Waals surface area (Å²) in [5.41, 5.74) is 4.04. The molecule has 5 aromatic rings. The zero-order valence-corrected chi connectivity index (χ0v) is 16.0. The third kappa shape index (κ3) is 3.23. The van der Waals surface area contributed by atoms with Crippen LogP contribution in [0.25, 0.3) is 33.3 Å². The van der Waals surface area contributed by atoms with E-state index in [0.29, 0.717) is 16.2 Å². The molecule has 8 heteroatoms. The number of para-hydroxylation sites is 3. The van der Waals surface area contributed by atoms with E-state index in [4.69, 9.17) is 4.42 Å². The van der Waals surface area contributed by atoms with Crippen molar-refractivity contribution in [1.29, 1.82) is 0 Å². The van der Waals surface area contributed by atoms with Crippen LogP contribution in [-0.4, -0.2) is 20.4 Å². The van der Waals surface area contributed by atoms with Gasteiger partial charge in [-0.25, -0.2) is 9.78 Å². The van der Waals surface area contributed by atoms with Gasteiger partial charge in [0.15, 0.2) is 10.7 Å². The molecule has 0 atom stereocenters. The first-order chi connectivity index (χ1) is 14.2. The lowest BCUT2D eigenvalue weighted by Crippen LogP contribution is -2.19. The van der Waals surface area contributed by atoms with Crippen molar-refractivity contribution in [2.24, 2.45) is 0 Å². The van der Waals surface area contributed by atoms with Crippen molar-refractivity contribution in [2.45, 2.75) is 13.0 Å². The molecule has 0 saturated carbocycles. The van der Waals surface area contributed by atoms with Crippen LogP contribution in [0.3, 0.4) is 0 Å². The number of aromatic amines is 1. The van der Waals surface area contributed by atoms with Gasteiger partial charge in [0.1, 0.15) is 0 Å². The zero-order valence-electron chi connectivity index (χ0n) is 15.2. The minimum atomic E-state index is -0.463.